The number of amides is 1. The highest BCUT2D eigenvalue weighted by atomic mass is 16.2. The van der Waals surface area contributed by atoms with Crippen molar-refractivity contribution in [1.29, 1.82) is 0 Å². The molecule has 1 rings (SSSR count). The predicted molar refractivity (Wildman–Crippen MR) is 50.3 cm³/mol. The van der Waals surface area contributed by atoms with Crippen LogP contribution in [0.5, 0.6) is 0 Å². The van der Waals surface area contributed by atoms with Gasteiger partial charge in [0.2, 0.25) is 5.91 Å². The lowest BCUT2D eigenvalue weighted by molar-refractivity contribution is -0.117. The fourth-order valence-corrected chi connectivity index (χ4v) is 0.979. The number of aryl methyl sites for hydroxylation is 1. The highest BCUT2D eigenvalue weighted by Crippen LogP contribution is 1.98. The van der Waals surface area contributed by atoms with E-state index in [0.717, 1.165) is 6.42 Å². The third-order valence-electron chi connectivity index (χ3n) is 1.68. The van der Waals surface area contributed by atoms with Gasteiger partial charge in [-0.3, -0.25) is 10.1 Å². The van der Waals surface area contributed by atoms with Gasteiger partial charge >= 0.3 is 0 Å². The lowest BCUT2D eigenvalue weighted by Crippen LogP contribution is -2.35. The standard InChI is InChI=1S/C7H14N6O/c1-3-4-5(8)6(14)9-7-10-12-13(2)11-7/h5H,3-4,8H2,1-2H3,(H,9,11,14). The summed E-state index contributed by atoms with van der Waals surface area (Å²) in [6.45, 7) is 1.97. The van der Waals surface area contributed by atoms with E-state index >= 15 is 0 Å². The summed E-state index contributed by atoms with van der Waals surface area (Å²) in [4.78, 5) is 12.6. The third kappa shape index (κ3) is 2.77. The topological polar surface area (TPSA) is 98.7 Å². The molecule has 0 spiro atoms. The van der Waals surface area contributed by atoms with E-state index in [2.05, 4.69) is 20.7 Å². The molecule has 0 aliphatic carbocycles. The van der Waals surface area contributed by atoms with Crippen molar-refractivity contribution in [2.24, 2.45) is 12.8 Å². The van der Waals surface area contributed by atoms with Gasteiger partial charge in [-0.2, -0.15) is 4.80 Å². The van der Waals surface area contributed by atoms with Crippen LogP contribution < -0.4 is 11.1 Å². The Kier molecular flexibility index (Phi) is 3.52. The molecule has 0 aliphatic heterocycles. The van der Waals surface area contributed by atoms with E-state index in [1.807, 2.05) is 6.92 Å². The van der Waals surface area contributed by atoms with Crippen molar-refractivity contribution in [3.05, 3.63) is 0 Å². The molecule has 0 aliphatic rings. The van der Waals surface area contributed by atoms with E-state index < -0.39 is 6.04 Å². The van der Waals surface area contributed by atoms with Crippen molar-refractivity contribution in [3.8, 4) is 0 Å². The number of tetrazole rings is 1. The van der Waals surface area contributed by atoms with Crippen LogP contribution in [0.15, 0.2) is 0 Å². The number of hydrogen-bond donors (Lipinski definition) is 2. The first kappa shape index (κ1) is 10.6. The second-order valence-corrected chi connectivity index (χ2v) is 2.99. The largest absolute Gasteiger partial charge is 0.320 e. The van der Waals surface area contributed by atoms with Crippen molar-refractivity contribution < 1.29 is 4.79 Å². The number of hydrogen-bond acceptors (Lipinski definition) is 5. The van der Waals surface area contributed by atoms with Gasteiger partial charge in [0.05, 0.1) is 13.1 Å². The zero-order valence-electron chi connectivity index (χ0n) is 8.27. The zero-order valence-corrected chi connectivity index (χ0v) is 8.27. The lowest BCUT2D eigenvalue weighted by Gasteiger charge is -2.07. The number of anilines is 1. The second kappa shape index (κ2) is 4.66. The highest BCUT2D eigenvalue weighted by molar-refractivity contribution is 5.92. The van der Waals surface area contributed by atoms with E-state index in [-0.39, 0.29) is 11.9 Å². The Balaban J connectivity index is 2.48. The molecule has 1 aromatic heterocycles. The van der Waals surface area contributed by atoms with Crippen LogP contribution in [0, 0.1) is 0 Å². The monoisotopic (exact) mass is 198 g/mol. The average molecular weight is 198 g/mol. The molecule has 78 valence electrons. The van der Waals surface area contributed by atoms with Crippen molar-refractivity contribution in [2.75, 3.05) is 5.32 Å². The maximum atomic E-state index is 11.4. The first-order chi connectivity index (χ1) is 6.63. The normalized spacial score (nSPS) is 12.5. The van der Waals surface area contributed by atoms with Crippen molar-refractivity contribution >= 4 is 11.9 Å². The fourth-order valence-electron chi connectivity index (χ4n) is 0.979. The van der Waals surface area contributed by atoms with Gasteiger partial charge < -0.3 is 5.73 Å². The van der Waals surface area contributed by atoms with Gasteiger partial charge in [0.25, 0.3) is 5.95 Å². The molecule has 0 fully saturated rings. The molecule has 1 atom stereocenters. The molecule has 14 heavy (non-hydrogen) atoms. The van der Waals surface area contributed by atoms with Crippen molar-refractivity contribution in [3.63, 3.8) is 0 Å². The summed E-state index contributed by atoms with van der Waals surface area (Å²) in [7, 11) is 1.62. The smallest absolute Gasteiger partial charge is 0.270 e. The summed E-state index contributed by atoms with van der Waals surface area (Å²) in [6, 6.07) is -0.510. The highest BCUT2D eigenvalue weighted by Gasteiger charge is 2.14. The lowest BCUT2D eigenvalue weighted by atomic mass is 10.2. The number of nitrogens with two attached hydrogens (primary N) is 1. The van der Waals surface area contributed by atoms with E-state index in [1.165, 1.54) is 4.80 Å². The van der Waals surface area contributed by atoms with Crippen LogP contribution in [0.3, 0.4) is 0 Å². The number of carbonyl (C=O) groups is 1. The quantitative estimate of drug-likeness (QED) is 0.665. The predicted octanol–water partition coefficient (Wildman–Crippen LogP) is -0.724. The molecule has 0 saturated carbocycles. The van der Waals surface area contributed by atoms with Gasteiger partial charge in [-0.1, -0.05) is 18.4 Å². The molecule has 0 radical (unpaired) electrons. The van der Waals surface area contributed by atoms with Crippen molar-refractivity contribution in [1.82, 2.24) is 20.2 Å². The number of carbonyl (C=O) groups excluding carboxylic acids is 1. The van der Waals surface area contributed by atoms with E-state index in [4.69, 9.17) is 5.73 Å². The van der Waals surface area contributed by atoms with E-state index in [0.29, 0.717) is 6.42 Å². The molecule has 0 saturated heterocycles. The molecule has 7 heteroatoms. The minimum absolute atomic E-state index is 0.184. The van der Waals surface area contributed by atoms with Gasteiger partial charge in [-0.25, -0.2) is 0 Å². The van der Waals surface area contributed by atoms with Gasteiger partial charge in [0.1, 0.15) is 0 Å². The Hall–Kier alpha value is -1.50. The van der Waals surface area contributed by atoms with Gasteiger partial charge in [0.15, 0.2) is 0 Å². The molecular formula is C7H14N6O. The maximum absolute atomic E-state index is 11.4. The first-order valence-corrected chi connectivity index (χ1v) is 4.44. The molecule has 1 amide bonds. The minimum atomic E-state index is -0.510. The summed E-state index contributed by atoms with van der Waals surface area (Å²) in [5.41, 5.74) is 5.59. The van der Waals surface area contributed by atoms with Crippen LogP contribution in [0.25, 0.3) is 0 Å². The molecular weight excluding hydrogens is 184 g/mol. The summed E-state index contributed by atoms with van der Waals surface area (Å²) >= 11 is 0. The Labute approximate surface area is 81.7 Å². The van der Waals surface area contributed by atoms with Gasteiger partial charge in [0, 0.05) is 0 Å². The first-order valence-electron chi connectivity index (χ1n) is 4.44. The molecule has 0 bridgehead atoms. The number of rotatable bonds is 4. The minimum Gasteiger partial charge on any atom is -0.320 e. The number of nitrogens with one attached hydrogen (secondary N) is 1. The van der Waals surface area contributed by atoms with E-state index in [1.54, 1.807) is 7.05 Å². The number of aromatic nitrogens is 4. The summed E-state index contributed by atoms with van der Waals surface area (Å²) in [5.74, 6) is -0.0936. The van der Waals surface area contributed by atoms with Gasteiger partial charge in [-0.15, -0.1) is 5.10 Å². The van der Waals surface area contributed by atoms with Crippen LogP contribution in [0.1, 0.15) is 19.8 Å². The average Bonchev–Trinajstić information content (AvgIpc) is 2.51. The van der Waals surface area contributed by atoms with Crippen molar-refractivity contribution in [2.45, 2.75) is 25.8 Å². The molecule has 3 N–H and O–H groups in total. The summed E-state index contributed by atoms with van der Waals surface area (Å²) in [6.07, 6.45) is 1.51. The molecule has 0 aromatic carbocycles. The Morgan fingerprint density at radius 3 is 2.93 bits per heavy atom. The SMILES string of the molecule is CCCC(N)C(=O)Nc1nnn(C)n1. The maximum Gasteiger partial charge on any atom is 0.270 e. The molecule has 7 nitrogen and oxygen atoms in total. The molecule has 1 aromatic rings. The molecule has 1 unspecified atom stereocenters. The Morgan fingerprint density at radius 1 is 1.71 bits per heavy atom. The molecule has 1 heterocycles. The van der Waals surface area contributed by atoms with Crippen LogP contribution in [-0.4, -0.2) is 32.2 Å². The zero-order chi connectivity index (χ0) is 10.6. The van der Waals surface area contributed by atoms with Crippen LogP contribution in [0.4, 0.5) is 5.95 Å². The van der Waals surface area contributed by atoms with Crippen LogP contribution in [0.2, 0.25) is 0 Å². The fraction of sp³-hybridized carbons (Fsp3) is 0.714. The second-order valence-electron chi connectivity index (χ2n) is 2.99. The van der Waals surface area contributed by atoms with Gasteiger partial charge in [-0.05, 0) is 11.6 Å². The summed E-state index contributed by atoms with van der Waals surface area (Å²) in [5, 5.41) is 13.5. The summed E-state index contributed by atoms with van der Waals surface area (Å²) < 4.78 is 0. The Morgan fingerprint density at radius 2 is 2.43 bits per heavy atom. The van der Waals surface area contributed by atoms with Crippen LogP contribution >= 0.6 is 0 Å². The van der Waals surface area contributed by atoms with E-state index in [9.17, 15) is 4.79 Å². The van der Waals surface area contributed by atoms with Crippen LogP contribution in [-0.2, 0) is 11.8 Å². The Bertz CT molecular complexity index is 309. The third-order valence-corrected chi connectivity index (χ3v) is 1.68. The number of nitrogens with zero attached hydrogens (tertiary/aromatic N) is 4.